The molecule has 0 saturated heterocycles. The molecule has 1 aromatic heterocycles. The summed E-state index contributed by atoms with van der Waals surface area (Å²) in [4.78, 5) is 16.7. The number of hydrogen-bond donors (Lipinski definition) is 1. The van der Waals surface area contributed by atoms with Crippen LogP contribution < -0.4 is 5.32 Å². The number of anilines is 1. The molecular weight excluding hydrogens is 396 g/mol. The Balaban J connectivity index is 1.38. The molecule has 0 unspecified atom stereocenters. The SMILES string of the molecule is C[C@@H]1C[C@H](CCc2ccccc2)C[C@H](c2ccncc2NC(=O)OCc2ccccc2)C1. The summed E-state index contributed by atoms with van der Waals surface area (Å²) in [5, 5.41) is 2.94. The summed E-state index contributed by atoms with van der Waals surface area (Å²) in [6, 6.07) is 22.5. The molecule has 2 aromatic carbocycles. The standard InChI is InChI=1S/C28H32N2O2/c1-21-16-24(13-12-22-8-4-2-5-9-22)18-25(17-21)26-14-15-29-19-27(26)30-28(31)32-20-23-10-6-3-7-11-23/h2-11,14-15,19,21,24-25H,12-13,16-18,20H2,1H3,(H,30,31)/t21-,24+,25-/m1/s1. The van der Waals surface area contributed by atoms with E-state index in [-0.39, 0.29) is 6.61 Å². The van der Waals surface area contributed by atoms with E-state index < -0.39 is 6.09 Å². The number of rotatable bonds is 7. The van der Waals surface area contributed by atoms with Crippen molar-refractivity contribution < 1.29 is 9.53 Å². The number of hydrogen-bond acceptors (Lipinski definition) is 3. The first-order chi connectivity index (χ1) is 15.7. The number of benzene rings is 2. The van der Waals surface area contributed by atoms with Gasteiger partial charge in [-0.05, 0) is 72.6 Å². The molecule has 4 nitrogen and oxygen atoms in total. The summed E-state index contributed by atoms with van der Waals surface area (Å²) < 4.78 is 5.43. The van der Waals surface area contributed by atoms with Crippen LogP contribution in [0.5, 0.6) is 0 Å². The van der Waals surface area contributed by atoms with Crippen LogP contribution in [0.25, 0.3) is 0 Å². The van der Waals surface area contributed by atoms with E-state index in [1.807, 2.05) is 36.5 Å². The molecule has 1 heterocycles. The van der Waals surface area contributed by atoms with Crippen molar-refractivity contribution in [3.05, 3.63) is 95.8 Å². The van der Waals surface area contributed by atoms with Crippen LogP contribution in [0.2, 0.25) is 0 Å². The average Bonchev–Trinajstić information content (AvgIpc) is 2.83. The third kappa shape index (κ3) is 6.19. The Kier molecular flexibility index (Phi) is 7.55. The summed E-state index contributed by atoms with van der Waals surface area (Å²) in [5.74, 6) is 1.78. The summed E-state index contributed by atoms with van der Waals surface area (Å²) in [7, 11) is 0. The van der Waals surface area contributed by atoms with Crippen LogP contribution >= 0.6 is 0 Å². The zero-order valence-corrected chi connectivity index (χ0v) is 18.7. The molecule has 1 aliphatic carbocycles. The van der Waals surface area contributed by atoms with Crippen molar-refractivity contribution in [2.45, 2.75) is 51.6 Å². The number of ether oxygens (including phenoxy) is 1. The predicted molar refractivity (Wildman–Crippen MR) is 128 cm³/mol. The van der Waals surface area contributed by atoms with Crippen LogP contribution in [0, 0.1) is 11.8 Å². The van der Waals surface area contributed by atoms with Gasteiger partial charge in [-0.3, -0.25) is 10.3 Å². The van der Waals surface area contributed by atoms with E-state index in [2.05, 4.69) is 53.6 Å². The molecule has 1 amide bonds. The van der Waals surface area contributed by atoms with Gasteiger partial charge in [0.15, 0.2) is 0 Å². The number of aryl methyl sites for hydroxylation is 1. The van der Waals surface area contributed by atoms with E-state index in [4.69, 9.17) is 4.74 Å². The number of nitrogens with zero attached hydrogens (tertiary/aromatic N) is 1. The van der Waals surface area contributed by atoms with Crippen LogP contribution in [-0.2, 0) is 17.8 Å². The van der Waals surface area contributed by atoms with Crippen molar-refractivity contribution >= 4 is 11.8 Å². The van der Waals surface area contributed by atoms with Crippen LogP contribution in [0.3, 0.4) is 0 Å². The normalized spacial score (nSPS) is 20.5. The highest BCUT2D eigenvalue weighted by Crippen LogP contribution is 2.43. The van der Waals surface area contributed by atoms with Crippen LogP contribution in [0.4, 0.5) is 10.5 Å². The molecule has 1 aliphatic rings. The van der Waals surface area contributed by atoms with E-state index >= 15 is 0 Å². The minimum Gasteiger partial charge on any atom is -0.444 e. The summed E-state index contributed by atoms with van der Waals surface area (Å²) >= 11 is 0. The highest BCUT2D eigenvalue weighted by atomic mass is 16.5. The lowest BCUT2D eigenvalue weighted by Crippen LogP contribution is -2.22. The minimum absolute atomic E-state index is 0.254. The fourth-order valence-electron chi connectivity index (χ4n) is 4.99. The van der Waals surface area contributed by atoms with Gasteiger partial charge < -0.3 is 4.74 Å². The van der Waals surface area contributed by atoms with E-state index in [0.717, 1.165) is 30.5 Å². The van der Waals surface area contributed by atoms with Crippen molar-refractivity contribution in [3.8, 4) is 0 Å². The lowest BCUT2D eigenvalue weighted by atomic mass is 9.71. The fourth-order valence-corrected chi connectivity index (χ4v) is 4.99. The lowest BCUT2D eigenvalue weighted by Gasteiger charge is -2.34. The molecule has 3 atom stereocenters. The topological polar surface area (TPSA) is 51.2 Å². The van der Waals surface area contributed by atoms with Crippen molar-refractivity contribution in [2.24, 2.45) is 11.8 Å². The number of carbonyl (C=O) groups excluding carboxylic acids is 1. The molecule has 0 spiro atoms. The van der Waals surface area contributed by atoms with E-state index in [0.29, 0.717) is 17.8 Å². The smallest absolute Gasteiger partial charge is 0.412 e. The average molecular weight is 429 g/mol. The predicted octanol–water partition coefficient (Wildman–Crippen LogP) is 6.98. The summed E-state index contributed by atoms with van der Waals surface area (Å²) in [5.41, 5.74) is 4.32. The minimum atomic E-state index is -0.437. The van der Waals surface area contributed by atoms with Crippen molar-refractivity contribution in [1.29, 1.82) is 0 Å². The number of pyridine rings is 1. The molecule has 0 radical (unpaired) electrons. The van der Waals surface area contributed by atoms with Crippen molar-refractivity contribution in [2.75, 3.05) is 5.32 Å². The molecule has 166 valence electrons. The zero-order valence-electron chi connectivity index (χ0n) is 18.7. The van der Waals surface area contributed by atoms with E-state index in [1.165, 1.54) is 24.0 Å². The molecule has 4 heteroatoms. The van der Waals surface area contributed by atoms with E-state index in [9.17, 15) is 4.79 Å². The van der Waals surface area contributed by atoms with Gasteiger partial charge in [0.2, 0.25) is 0 Å². The van der Waals surface area contributed by atoms with Gasteiger partial charge in [0.1, 0.15) is 6.61 Å². The Morgan fingerprint density at radius 3 is 2.44 bits per heavy atom. The number of amides is 1. The molecule has 3 aromatic rings. The summed E-state index contributed by atoms with van der Waals surface area (Å²) in [6.45, 7) is 2.61. The largest absolute Gasteiger partial charge is 0.444 e. The number of carbonyl (C=O) groups is 1. The van der Waals surface area contributed by atoms with Gasteiger partial charge in [0.05, 0.1) is 11.9 Å². The van der Waals surface area contributed by atoms with Crippen LogP contribution in [-0.4, -0.2) is 11.1 Å². The van der Waals surface area contributed by atoms with Gasteiger partial charge in [-0.2, -0.15) is 0 Å². The summed E-state index contributed by atoms with van der Waals surface area (Å²) in [6.07, 6.45) is 9.03. The Morgan fingerprint density at radius 2 is 1.69 bits per heavy atom. The van der Waals surface area contributed by atoms with Gasteiger partial charge in [-0.1, -0.05) is 67.6 Å². The highest BCUT2D eigenvalue weighted by Gasteiger charge is 2.29. The Labute approximate surface area is 191 Å². The molecule has 0 aliphatic heterocycles. The molecular formula is C28H32N2O2. The van der Waals surface area contributed by atoms with E-state index in [1.54, 1.807) is 6.20 Å². The van der Waals surface area contributed by atoms with Gasteiger partial charge in [0.25, 0.3) is 0 Å². The molecule has 4 rings (SSSR count). The second-order valence-corrected chi connectivity index (χ2v) is 9.05. The Morgan fingerprint density at radius 1 is 0.969 bits per heavy atom. The maximum atomic E-state index is 12.4. The fraction of sp³-hybridized carbons (Fsp3) is 0.357. The quantitative estimate of drug-likeness (QED) is 0.441. The van der Waals surface area contributed by atoms with Crippen molar-refractivity contribution in [1.82, 2.24) is 4.98 Å². The Hall–Kier alpha value is -3.14. The third-order valence-corrected chi connectivity index (χ3v) is 6.47. The van der Waals surface area contributed by atoms with Crippen molar-refractivity contribution in [3.63, 3.8) is 0 Å². The van der Waals surface area contributed by atoms with Gasteiger partial charge >= 0.3 is 6.09 Å². The highest BCUT2D eigenvalue weighted by molar-refractivity contribution is 5.85. The lowest BCUT2D eigenvalue weighted by molar-refractivity contribution is 0.155. The second-order valence-electron chi connectivity index (χ2n) is 9.05. The zero-order chi connectivity index (χ0) is 22.2. The van der Waals surface area contributed by atoms with Crippen LogP contribution in [0.1, 0.15) is 55.2 Å². The molecule has 1 saturated carbocycles. The van der Waals surface area contributed by atoms with Crippen LogP contribution in [0.15, 0.2) is 79.1 Å². The first-order valence-corrected chi connectivity index (χ1v) is 11.6. The van der Waals surface area contributed by atoms with Gasteiger partial charge in [-0.25, -0.2) is 4.79 Å². The maximum Gasteiger partial charge on any atom is 0.412 e. The van der Waals surface area contributed by atoms with Gasteiger partial charge in [-0.15, -0.1) is 0 Å². The second kappa shape index (κ2) is 10.9. The number of aromatic nitrogens is 1. The maximum absolute atomic E-state index is 12.4. The Bertz CT molecular complexity index is 991. The number of nitrogens with one attached hydrogen (secondary N) is 1. The molecule has 1 N–H and O–H groups in total. The third-order valence-electron chi connectivity index (χ3n) is 6.47. The first kappa shape index (κ1) is 22.1. The monoisotopic (exact) mass is 428 g/mol. The van der Waals surface area contributed by atoms with Gasteiger partial charge in [0, 0.05) is 6.20 Å². The first-order valence-electron chi connectivity index (χ1n) is 11.6. The molecule has 0 bridgehead atoms. The molecule has 32 heavy (non-hydrogen) atoms. The molecule has 1 fully saturated rings.